The first-order valence-corrected chi connectivity index (χ1v) is 12.2. The molecule has 0 fully saturated rings. The maximum atomic E-state index is 11.8. The van der Waals surface area contributed by atoms with Crippen molar-refractivity contribution in [3.8, 4) is 0 Å². The predicted molar refractivity (Wildman–Crippen MR) is 122 cm³/mol. The molecule has 1 atom stereocenters. The van der Waals surface area contributed by atoms with Gasteiger partial charge >= 0.3 is 0 Å². The summed E-state index contributed by atoms with van der Waals surface area (Å²) in [6, 6.07) is 0. The number of carbonyl (C=O) groups is 1. The Morgan fingerprint density at radius 3 is 1.89 bits per heavy atom. The van der Waals surface area contributed by atoms with Crippen molar-refractivity contribution in [2.75, 3.05) is 34.3 Å². The van der Waals surface area contributed by atoms with Crippen LogP contribution in [0.25, 0.3) is 0 Å². The summed E-state index contributed by atoms with van der Waals surface area (Å²) in [5.41, 5.74) is 0.286. The number of quaternary nitrogens is 1. The second-order valence-electron chi connectivity index (χ2n) is 8.72. The largest absolute Gasteiger partial charge is 0.349 e. The average Bonchev–Trinajstić information content (AvgIpc) is 2.61. The number of hydrogen-bond donors (Lipinski definition) is 0. The zero-order valence-corrected chi connectivity index (χ0v) is 19.7. The van der Waals surface area contributed by atoms with Gasteiger partial charge in [0, 0.05) is 6.42 Å². The van der Waals surface area contributed by atoms with Gasteiger partial charge in [-0.25, -0.2) is 0 Å². The maximum absolute atomic E-state index is 11.8. The summed E-state index contributed by atoms with van der Waals surface area (Å²) < 4.78 is 6.38. The van der Waals surface area contributed by atoms with Gasteiger partial charge in [-0.3, -0.25) is 4.79 Å². The summed E-state index contributed by atoms with van der Waals surface area (Å²) in [6.45, 7) is 3.90. The molecule has 0 spiro atoms. The number of carbonyl (C=O) groups excluding carboxylic acids is 1. The maximum Gasteiger partial charge on any atom is 0.178 e. The SMILES string of the molecule is CCCCCCCC/C=C\CCCCCCCC(=O)POCC[N+](C)(C)C. The van der Waals surface area contributed by atoms with Gasteiger partial charge in [0.2, 0.25) is 0 Å². The van der Waals surface area contributed by atoms with E-state index in [4.69, 9.17) is 4.52 Å². The number of unbranched alkanes of at least 4 members (excludes halogenated alkanes) is 11. The first-order valence-electron chi connectivity index (χ1n) is 11.3. The fourth-order valence-electron chi connectivity index (χ4n) is 2.86. The van der Waals surface area contributed by atoms with Crippen LogP contribution in [0.1, 0.15) is 96.8 Å². The molecule has 0 heterocycles. The fraction of sp³-hybridized carbons (Fsp3) is 0.870. The highest BCUT2D eigenvalue weighted by Gasteiger charge is 2.07. The highest BCUT2D eigenvalue weighted by Crippen LogP contribution is 2.18. The van der Waals surface area contributed by atoms with E-state index in [0.29, 0.717) is 13.0 Å². The third-order valence-electron chi connectivity index (χ3n) is 4.72. The minimum absolute atomic E-state index is 0.0448. The van der Waals surface area contributed by atoms with Gasteiger partial charge in [0.25, 0.3) is 0 Å². The topological polar surface area (TPSA) is 26.3 Å². The molecule has 3 nitrogen and oxygen atoms in total. The van der Waals surface area contributed by atoms with Crippen molar-refractivity contribution in [3.63, 3.8) is 0 Å². The lowest BCUT2D eigenvalue weighted by Crippen LogP contribution is -2.37. The van der Waals surface area contributed by atoms with Crippen molar-refractivity contribution >= 4 is 14.3 Å². The lowest BCUT2D eigenvalue weighted by atomic mass is 10.1. The highest BCUT2D eigenvalue weighted by molar-refractivity contribution is 7.53. The van der Waals surface area contributed by atoms with Crippen LogP contribution in [-0.4, -0.2) is 44.3 Å². The van der Waals surface area contributed by atoms with Crippen LogP contribution in [0.3, 0.4) is 0 Å². The van der Waals surface area contributed by atoms with Crippen LogP contribution in [0.4, 0.5) is 0 Å². The summed E-state index contributed by atoms with van der Waals surface area (Å²) in [6.07, 6.45) is 22.2. The molecule has 160 valence electrons. The monoisotopic (exact) mass is 400 g/mol. The molecule has 1 unspecified atom stereocenters. The van der Waals surface area contributed by atoms with Crippen LogP contribution in [-0.2, 0) is 9.32 Å². The Bertz CT molecular complexity index is 364. The first kappa shape index (κ1) is 26.8. The average molecular weight is 401 g/mol. The fourth-order valence-corrected chi connectivity index (χ4v) is 3.49. The summed E-state index contributed by atoms with van der Waals surface area (Å²) in [5.74, 6) is 0. The van der Waals surface area contributed by atoms with E-state index in [1.807, 2.05) is 0 Å². The van der Waals surface area contributed by atoms with Crippen molar-refractivity contribution in [1.82, 2.24) is 0 Å². The number of rotatable bonds is 20. The zero-order valence-electron chi connectivity index (χ0n) is 18.7. The molecule has 0 saturated heterocycles. The van der Waals surface area contributed by atoms with Crippen molar-refractivity contribution in [2.45, 2.75) is 96.8 Å². The molecule has 0 bridgehead atoms. The third-order valence-corrected chi connectivity index (χ3v) is 5.54. The second kappa shape index (κ2) is 19.1. The Balaban J connectivity index is 3.26. The zero-order chi connectivity index (χ0) is 20.2. The van der Waals surface area contributed by atoms with E-state index in [0.717, 1.165) is 17.4 Å². The van der Waals surface area contributed by atoms with E-state index in [1.165, 1.54) is 77.0 Å². The number of allylic oxidation sites excluding steroid dienone is 2. The van der Waals surface area contributed by atoms with E-state index in [2.05, 4.69) is 40.2 Å². The summed E-state index contributed by atoms with van der Waals surface area (Å²) >= 11 is 0. The molecule has 0 aliphatic rings. The van der Waals surface area contributed by atoms with Crippen molar-refractivity contribution in [2.24, 2.45) is 0 Å². The van der Waals surface area contributed by atoms with Crippen LogP contribution >= 0.6 is 8.81 Å². The molecular formula is C23H47NO2P+. The third kappa shape index (κ3) is 23.7. The lowest BCUT2D eigenvalue weighted by molar-refractivity contribution is -0.870. The van der Waals surface area contributed by atoms with Crippen molar-refractivity contribution in [1.29, 1.82) is 0 Å². The predicted octanol–water partition coefficient (Wildman–Crippen LogP) is 6.87. The van der Waals surface area contributed by atoms with Gasteiger partial charge in [-0.1, -0.05) is 70.4 Å². The second-order valence-corrected chi connectivity index (χ2v) is 9.77. The lowest BCUT2D eigenvalue weighted by Gasteiger charge is -2.23. The highest BCUT2D eigenvalue weighted by atomic mass is 31.1. The molecule has 27 heavy (non-hydrogen) atoms. The molecule has 0 rings (SSSR count). The van der Waals surface area contributed by atoms with Gasteiger partial charge in [-0.05, 0) is 32.1 Å². The molecule has 0 aliphatic heterocycles. The van der Waals surface area contributed by atoms with E-state index in [9.17, 15) is 4.79 Å². The van der Waals surface area contributed by atoms with Crippen LogP contribution < -0.4 is 0 Å². The van der Waals surface area contributed by atoms with Crippen LogP contribution in [0, 0.1) is 0 Å². The molecule has 0 aromatic rings. The minimum atomic E-state index is 0.0448. The van der Waals surface area contributed by atoms with Crippen molar-refractivity contribution in [3.05, 3.63) is 12.2 Å². The standard InChI is InChI=1S/C23H47NO2P/c1-5-6-7-8-9-10-11-12-13-14-15-16-17-18-19-20-23(25)27-26-22-21-24(2,3)4/h12-13,27H,5-11,14-22H2,1-4H3/q+1/b13-12-. The summed E-state index contributed by atoms with van der Waals surface area (Å²) in [7, 11) is 6.46. The molecule has 0 N–H and O–H groups in total. The van der Waals surface area contributed by atoms with Crippen molar-refractivity contribution < 1.29 is 13.8 Å². The molecule has 0 amide bonds. The Morgan fingerprint density at radius 2 is 1.33 bits per heavy atom. The molecule has 0 saturated carbocycles. The van der Waals surface area contributed by atoms with Gasteiger partial charge in [0.05, 0.1) is 30.0 Å². The quantitative estimate of drug-likeness (QED) is 0.0965. The molecule has 0 aromatic heterocycles. The van der Waals surface area contributed by atoms with Crippen LogP contribution in [0.15, 0.2) is 12.2 Å². The van der Waals surface area contributed by atoms with Gasteiger partial charge < -0.3 is 9.01 Å². The molecule has 0 aliphatic carbocycles. The summed E-state index contributed by atoms with van der Waals surface area (Å²) in [4.78, 5) is 11.8. The number of nitrogens with zero attached hydrogens (tertiary/aromatic N) is 1. The van der Waals surface area contributed by atoms with E-state index in [-0.39, 0.29) is 14.3 Å². The molecule has 4 heteroatoms. The Labute approximate surface area is 171 Å². The van der Waals surface area contributed by atoms with E-state index < -0.39 is 0 Å². The van der Waals surface area contributed by atoms with Crippen LogP contribution in [0.2, 0.25) is 0 Å². The Hall–Kier alpha value is -0.240. The van der Waals surface area contributed by atoms with Gasteiger partial charge in [0.15, 0.2) is 5.52 Å². The van der Waals surface area contributed by atoms with Gasteiger partial charge in [-0.2, -0.15) is 0 Å². The normalized spacial score (nSPS) is 12.6. The number of hydrogen-bond acceptors (Lipinski definition) is 2. The minimum Gasteiger partial charge on any atom is -0.349 e. The smallest absolute Gasteiger partial charge is 0.178 e. The molecule has 0 aromatic carbocycles. The Morgan fingerprint density at radius 1 is 0.815 bits per heavy atom. The first-order chi connectivity index (χ1) is 13.0. The van der Waals surface area contributed by atoms with Crippen LogP contribution in [0.5, 0.6) is 0 Å². The van der Waals surface area contributed by atoms with Gasteiger partial charge in [-0.15, -0.1) is 0 Å². The van der Waals surface area contributed by atoms with E-state index in [1.54, 1.807) is 0 Å². The number of likely N-dealkylation sites (N-methyl/N-ethyl adjacent to an activating group) is 1. The van der Waals surface area contributed by atoms with Gasteiger partial charge in [0.1, 0.15) is 13.2 Å². The molecule has 0 radical (unpaired) electrons. The Kier molecular flexibility index (Phi) is 18.9. The van der Waals surface area contributed by atoms with E-state index >= 15 is 0 Å². The molecular weight excluding hydrogens is 353 g/mol. The summed E-state index contributed by atoms with van der Waals surface area (Å²) in [5, 5.41) is 0.